The molecular weight excluding hydrogens is 434 g/mol. The van der Waals surface area contributed by atoms with Gasteiger partial charge in [0.05, 0.1) is 12.2 Å². The summed E-state index contributed by atoms with van der Waals surface area (Å²) in [5.74, 6) is 1.42. The second-order valence-corrected chi connectivity index (χ2v) is 15.5. The molecule has 0 radical (unpaired) electrons. The number of rotatable bonds is 2. The summed E-state index contributed by atoms with van der Waals surface area (Å²) in [7, 11) is 0. The van der Waals surface area contributed by atoms with Crippen molar-refractivity contribution in [1.82, 2.24) is 0 Å². The first-order valence-electron chi connectivity index (χ1n) is 14.2. The van der Waals surface area contributed by atoms with Crippen molar-refractivity contribution in [1.29, 1.82) is 0 Å². The van der Waals surface area contributed by atoms with Crippen molar-refractivity contribution in [3.63, 3.8) is 0 Å². The second-order valence-electron chi connectivity index (χ2n) is 15.5. The zero-order valence-corrected chi connectivity index (χ0v) is 23.3. The van der Waals surface area contributed by atoms with E-state index in [0.717, 1.165) is 25.7 Å². The largest absolute Gasteiger partial charge is 0.390 e. The molecule has 196 valence electrons. The van der Waals surface area contributed by atoms with Gasteiger partial charge in [-0.1, -0.05) is 65.2 Å². The van der Waals surface area contributed by atoms with Crippen LogP contribution in [0.2, 0.25) is 0 Å². The van der Waals surface area contributed by atoms with Gasteiger partial charge in [0.1, 0.15) is 0 Å². The van der Waals surface area contributed by atoms with Crippen LogP contribution in [0.3, 0.4) is 0 Å². The van der Waals surface area contributed by atoms with E-state index in [4.69, 9.17) is 0 Å². The molecule has 35 heavy (non-hydrogen) atoms. The molecule has 0 amide bonds. The summed E-state index contributed by atoms with van der Waals surface area (Å²) in [5, 5.41) is 26.1. The third kappa shape index (κ3) is 3.29. The Hall–Kier alpha value is -1.03. The molecule has 9 atom stereocenters. The SMILES string of the molecule is CC1(C)CC[C@]2(CN=[N+]=[N-])CC[C@]3(C)C(=CC[C@@H]4[C@@]5(C)C[C@@H](O)[C@H](O)C(C)(C)[C@@H]5CC[C@]43C)[C@@H]2C1. The maximum atomic E-state index is 11.0. The zero-order chi connectivity index (χ0) is 25.7. The van der Waals surface area contributed by atoms with E-state index in [1.54, 1.807) is 5.57 Å². The van der Waals surface area contributed by atoms with Crippen LogP contribution in [-0.2, 0) is 0 Å². The monoisotopic (exact) mass is 483 g/mol. The molecule has 0 unspecified atom stereocenters. The Balaban J connectivity index is 1.59. The Labute approximate surface area is 212 Å². The second kappa shape index (κ2) is 7.74. The summed E-state index contributed by atoms with van der Waals surface area (Å²) < 4.78 is 0. The van der Waals surface area contributed by atoms with E-state index in [-0.39, 0.29) is 27.1 Å². The normalized spacial score (nSPS) is 52.0. The van der Waals surface area contributed by atoms with Crippen LogP contribution in [0.15, 0.2) is 16.8 Å². The fourth-order valence-electron chi connectivity index (χ4n) is 10.9. The lowest BCUT2D eigenvalue weighted by Crippen LogP contribution is -2.66. The number of aliphatic hydroxyl groups is 2. The number of azide groups is 1. The molecular formula is C30H49N3O2. The summed E-state index contributed by atoms with van der Waals surface area (Å²) in [6, 6.07) is 0. The van der Waals surface area contributed by atoms with Crippen molar-refractivity contribution >= 4 is 0 Å². The molecule has 5 nitrogen and oxygen atoms in total. The molecule has 4 saturated carbocycles. The molecule has 5 aliphatic carbocycles. The van der Waals surface area contributed by atoms with Gasteiger partial charge in [0, 0.05) is 11.5 Å². The van der Waals surface area contributed by atoms with Crippen molar-refractivity contribution in [2.45, 2.75) is 118 Å². The molecule has 5 heteroatoms. The lowest BCUT2D eigenvalue weighted by Gasteiger charge is -2.71. The summed E-state index contributed by atoms with van der Waals surface area (Å²) in [6.07, 6.45) is 11.3. The van der Waals surface area contributed by atoms with Crippen LogP contribution in [0.4, 0.5) is 0 Å². The van der Waals surface area contributed by atoms with Crippen molar-refractivity contribution in [3.05, 3.63) is 22.1 Å². The summed E-state index contributed by atoms with van der Waals surface area (Å²) >= 11 is 0. The van der Waals surface area contributed by atoms with Crippen molar-refractivity contribution < 1.29 is 10.2 Å². The Morgan fingerprint density at radius 1 is 0.943 bits per heavy atom. The Bertz CT molecular complexity index is 967. The zero-order valence-electron chi connectivity index (χ0n) is 23.3. The minimum absolute atomic E-state index is 0.0195. The third-order valence-corrected chi connectivity index (χ3v) is 13.2. The van der Waals surface area contributed by atoms with E-state index >= 15 is 0 Å². The highest BCUT2D eigenvalue weighted by molar-refractivity contribution is 5.34. The summed E-state index contributed by atoms with van der Waals surface area (Å²) in [6.45, 7) is 17.4. The highest BCUT2D eigenvalue weighted by atomic mass is 16.3. The molecule has 0 aliphatic heterocycles. The number of fused-ring (bicyclic) bond motifs is 7. The number of hydrogen-bond acceptors (Lipinski definition) is 3. The van der Waals surface area contributed by atoms with Crippen LogP contribution in [0.1, 0.15) is 106 Å². The van der Waals surface area contributed by atoms with E-state index in [9.17, 15) is 15.7 Å². The fourth-order valence-corrected chi connectivity index (χ4v) is 10.9. The average Bonchev–Trinajstić information content (AvgIpc) is 2.77. The fraction of sp³-hybridized carbons (Fsp3) is 0.933. The highest BCUT2D eigenvalue weighted by Crippen LogP contribution is 2.75. The topological polar surface area (TPSA) is 89.2 Å². The lowest BCUT2D eigenvalue weighted by molar-refractivity contribution is -0.231. The summed E-state index contributed by atoms with van der Waals surface area (Å²) in [4.78, 5) is 3.19. The van der Waals surface area contributed by atoms with E-state index in [2.05, 4.69) is 64.6 Å². The van der Waals surface area contributed by atoms with Gasteiger partial charge in [-0.05, 0) is 114 Å². The van der Waals surface area contributed by atoms with Gasteiger partial charge in [-0.25, -0.2) is 0 Å². The van der Waals surface area contributed by atoms with Gasteiger partial charge in [-0.2, -0.15) is 0 Å². The van der Waals surface area contributed by atoms with Crippen LogP contribution in [0.25, 0.3) is 10.4 Å². The molecule has 5 rings (SSSR count). The predicted molar refractivity (Wildman–Crippen MR) is 140 cm³/mol. The Kier molecular flexibility index (Phi) is 5.67. The molecule has 5 aliphatic rings. The van der Waals surface area contributed by atoms with Gasteiger partial charge in [0.15, 0.2) is 0 Å². The van der Waals surface area contributed by atoms with Crippen molar-refractivity contribution in [2.75, 3.05) is 6.54 Å². The van der Waals surface area contributed by atoms with E-state index in [1.165, 1.54) is 25.7 Å². The maximum Gasteiger partial charge on any atom is 0.0852 e. The van der Waals surface area contributed by atoms with E-state index in [1.807, 2.05) is 0 Å². The first kappa shape index (κ1) is 25.6. The van der Waals surface area contributed by atoms with Gasteiger partial charge < -0.3 is 10.2 Å². The first-order valence-corrected chi connectivity index (χ1v) is 14.2. The first-order chi connectivity index (χ1) is 16.2. The van der Waals surface area contributed by atoms with Crippen molar-refractivity contribution in [2.24, 2.45) is 55.4 Å². The van der Waals surface area contributed by atoms with Gasteiger partial charge >= 0.3 is 0 Å². The van der Waals surface area contributed by atoms with E-state index < -0.39 is 12.2 Å². The standard InChI is InChI=1S/C30H49N3O2/c1-25(2)12-14-30(18-32-33-31)15-13-28(6)19(20(30)16-25)8-9-23-27(5)17-21(34)24(35)26(3,4)22(27)10-11-29(23,28)7/h8,20-24,34-35H,9-18H2,1-7H3/t20-,21+,22-,23+,24-,27-,28+,29+,30+/m0/s1. The minimum Gasteiger partial charge on any atom is -0.390 e. The van der Waals surface area contributed by atoms with Crippen LogP contribution in [-0.4, -0.2) is 29.0 Å². The smallest absolute Gasteiger partial charge is 0.0852 e. The van der Waals surface area contributed by atoms with Gasteiger partial charge in [-0.15, -0.1) is 0 Å². The molecule has 0 saturated heterocycles. The molecule has 4 fully saturated rings. The van der Waals surface area contributed by atoms with E-state index in [0.29, 0.717) is 36.1 Å². The lowest BCUT2D eigenvalue weighted by atomic mass is 9.33. The molecule has 0 heterocycles. The third-order valence-electron chi connectivity index (χ3n) is 13.2. The summed E-state index contributed by atoms with van der Waals surface area (Å²) in [5.41, 5.74) is 11.3. The maximum absolute atomic E-state index is 11.0. The molecule has 0 aromatic heterocycles. The number of nitrogens with zero attached hydrogens (tertiary/aromatic N) is 3. The van der Waals surface area contributed by atoms with Gasteiger partial charge in [0.25, 0.3) is 0 Å². The molecule has 0 bridgehead atoms. The Morgan fingerprint density at radius 2 is 1.63 bits per heavy atom. The predicted octanol–water partition coefficient (Wildman–Crippen LogP) is 7.43. The quantitative estimate of drug-likeness (QED) is 0.185. The molecule has 0 aromatic rings. The average molecular weight is 484 g/mol. The number of allylic oxidation sites excluding steroid dienone is 2. The van der Waals surface area contributed by atoms with Gasteiger partial charge in [-0.3, -0.25) is 0 Å². The molecule has 0 aromatic carbocycles. The number of hydrogen-bond donors (Lipinski definition) is 2. The molecule has 0 spiro atoms. The minimum atomic E-state index is -0.645. The van der Waals surface area contributed by atoms with Crippen LogP contribution < -0.4 is 0 Å². The highest BCUT2D eigenvalue weighted by Gasteiger charge is 2.69. The van der Waals surface area contributed by atoms with Crippen LogP contribution in [0, 0.1) is 50.2 Å². The van der Waals surface area contributed by atoms with Crippen molar-refractivity contribution in [3.8, 4) is 0 Å². The number of aliphatic hydroxyl groups excluding tert-OH is 2. The Morgan fingerprint density at radius 3 is 2.31 bits per heavy atom. The van der Waals surface area contributed by atoms with Gasteiger partial charge in [0.2, 0.25) is 0 Å². The van der Waals surface area contributed by atoms with Crippen LogP contribution in [0.5, 0.6) is 0 Å². The molecule has 2 N–H and O–H groups in total. The van der Waals surface area contributed by atoms with Crippen LogP contribution >= 0.6 is 0 Å².